The van der Waals surface area contributed by atoms with E-state index in [1.54, 1.807) is 5.56 Å². The molecule has 3 unspecified atom stereocenters. The van der Waals surface area contributed by atoms with E-state index in [0.717, 1.165) is 24.3 Å². The predicted octanol–water partition coefficient (Wildman–Crippen LogP) is 5.43. The minimum Gasteiger partial charge on any atom is -0.310 e. The van der Waals surface area contributed by atoms with Gasteiger partial charge in [0.2, 0.25) is 0 Å². The van der Waals surface area contributed by atoms with Gasteiger partial charge in [-0.15, -0.1) is 0 Å². The fraction of sp³-hybridized carbons (Fsp3) is 0.700. The second-order valence-corrected chi connectivity index (χ2v) is 7.31. The van der Waals surface area contributed by atoms with E-state index >= 15 is 0 Å². The van der Waals surface area contributed by atoms with E-state index in [1.807, 2.05) is 0 Å². The molecule has 0 aromatic heterocycles. The first-order valence-corrected chi connectivity index (χ1v) is 9.13. The van der Waals surface area contributed by atoms with Gasteiger partial charge in [0.15, 0.2) is 0 Å². The topological polar surface area (TPSA) is 12.0 Å². The number of hydrogen-bond acceptors (Lipinski definition) is 1. The summed E-state index contributed by atoms with van der Waals surface area (Å²) in [6, 6.07) is 10.2. The molecule has 0 bridgehead atoms. The molecular weight excluding hydrogens is 254 g/mol. The summed E-state index contributed by atoms with van der Waals surface area (Å²) >= 11 is 0. The summed E-state index contributed by atoms with van der Waals surface area (Å²) in [5.41, 5.74) is 3.09. The Kier molecular flexibility index (Phi) is 5.00. The first-order valence-electron chi connectivity index (χ1n) is 9.13. The van der Waals surface area contributed by atoms with E-state index in [1.165, 1.54) is 50.5 Å². The van der Waals surface area contributed by atoms with Crippen molar-refractivity contribution in [2.75, 3.05) is 6.54 Å². The monoisotopic (exact) mass is 285 g/mol. The zero-order valence-electron chi connectivity index (χ0n) is 13.8. The fourth-order valence-corrected chi connectivity index (χ4v) is 4.04. The highest BCUT2D eigenvalue weighted by Crippen LogP contribution is 2.47. The van der Waals surface area contributed by atoms with Crippen molar-refractivity contribution in [3.8, 4) is 0 Å². The van der Waals surface area contributed by atoms with Gasteiger partial charge in [-0.05, 0) is 61.1 Å². The smallest absolute Gasteiger partial charge is 0.0351 e. The van der Waals surface area contributed by atoms with Crippen LogP contribution in [-0.4, -0.2) is 6.54 Å². The maximum absolute atomic E-state index is 3.78. The molecule has 2 fully saturated rings. The molecule has 1 aromatic rings. The van der Waals surface area contributed by atoms with Gasteiger partial charge in [-0.25, -0.2) is 0 Å². The standard InChI is InChI=1S/C20H31N/c1-3-13-21-20(19-14-15(19)2)18-11-9-17(10-12-18)16-7-5-4-6-8-16/h9-12,15-16,19-21H,3-8,13-14H2,1-2H3. The summed E-state index contributed by atoms with van der Waals surface area (Å²) in [4.78, 5) is 0. The van der Waals surface area contributed by atoms with Crippen molar-refractivity contribution in [1.29, 1.82) is 0 Å². The molecule has 3 atom stereocenters. The van der Waals surface area contributed by atoms with E-state index in [2.05, 4.69) is 43.4 Å². The van der Waals surface area contributed by atoms with Crippen LogP contribution in [0.4, 0.5) is 0 Å². The number of rotatable bonds is 6. The van der Waals surface area contributed by atoms with Crippen molar-refractivity contribution in [3.63, 3.8) is 0 Å². The van der Waals surface area contributed by atoms with Crippen LogP contribution in [0.25, 0.3) is 0 Å². The van der Waals surface area contributed by atoms with Crippen LogP contribution in [0.2, 0.25) is 0 Å². The maximum Gasteiger partial charge on any atom is 0.0351 e. The first-order chi connectivity index (χ1) is 10.3. The van der Waals surface area contributed by atoms with Gasteiger partial charge in [0, 0.05) is 6.04 Å². The van der Waals surface area contributed by atoms with Crippen LogP contribution in [0.15, 0.2) is 24.3 Å². The van der Waals surface area contributed by atoms with Gasteiger partial charge in [0.25, 0.3) is 0 Å². The van der Waals surface area contributed by atoms with E-state index in [-0.39, 0.29) is 0 Å². The van der Waals surface area contributed by atoms with Crippen LogP contribution in [-0.2, 0) is 0 Å². The highest BCUT2D eigenvalue weighted by Gasteiger charge is 2.39. The molecule has 116 valence electrons. The number of nitrogens with one attached hydrogen (secondary N) is 1. The summed E-state index contributed by atoms with van der Waals surface area (Å²) in [5, 5.41) is 3.78. The van der Waals surface area contributed by atoms with Crippen molar-refractivity contribution < 1.29 is 0 Å². The molecule has 0 aliphatic heterocycles. The Morgan fingerprint density at radius 3 is 2.33 bits per heavy atom. The van der Waals surface area contributed by atoms with Gasteiger partial charge in [0.05, 0.1) is 0 Å². The lowest BCUT2D eigenvalue weighted by molar-refractivity contribution is 0.442. The highest BCUT2D eigenvalue weighted by molar-refractivity contribution is 5.29. The van der Waals surface area contributed by atoms with Crippen molar-refractivity contribution in [2.45, 2.75) is 70.8 Å². The molecule has 1 nitrogen and oxygen atoms in total. The molecule has 3 rings (SSSR count). The summed E-state index contributed by atoms with van der Waals surface area (Å²) < 4.78 is 0. The number of hydrogen-bond donors (Lipinski definition) is 1. The van der Waals surface area contributed by atoms with Crippen LogP contribution in [0.5, 0.6) is 0 Å². The van der Waals surface area contributed by atoms with Crippen LogP contribution >= 0.6 is 0 Å². The van der Waals surface area contributed by atoms with E-state index in [0.29, 0.717) is 6.04 Å². The average Bonchev–Trinajstić information content (AvgIpc) is 3.26. The molecular formula is C20H31N. The third-order valence-corrected chi connectivity index (χ3v) is 5.59. The predicted molar refractivity (Wildman–Crippen MR) is 90.6 cm³/mol. The third kappa shape index (κ3) is 3.69. The van der Waals surface area contributed by atoms with Gasteiger partial charge in [0.1, 0.15) is 0 Å². The Labute approximate surface area is 130 Å². The van der Waals surface area contributed by atoms with Crippen LogP contribution in [0.1, 0.15) is 81.9 Å². The Hall–Kier alpha value is -0.820. The lowest BCUT2D eigenvalue weighted by Crippen LogP contribution is -2.24. The molecule has 0 spiro atoms. The van der Waals surface area contributed by atoms with E-state index < -0.39 is 0 Å². The summed E-state index contributed by atoms with van der Waals surface area (Å²) in [6.07, 6.45) is 9.70. The quantitative estimate of drug-likeness (QED) is 0.734. The van der Waals surface area contributed by atoms with Crippen LogP contribution in [0.3, 0.4) is 0 Å². The SMILES string of the molecule is CCCNC(c1ccc(C2CCCCC2)cc1)C1CC1C. The molecule has 0 heterocycles. The second kappa shape index (κ2) is 6.96. The van der Waals surface area contributed by atoms with Gasteiger partial charge in [-0.2, -0.15) is 0 Å². The maximum atomic E-state index is 3.78. The van der Waals surface area contributed by atoms with E-state index in [9.17, 15) is 0 Å². The first kappa shape index (κ1) is 15.1. The van der Waals surface area contributed by atoms with Crippen LogP contribution < -0.4 is 5.32 Å². The average molecular weight is 285 g/mol. The minimum absolute atomic E-state index is 0.584. The molecule has 2 saturated carbocycles. The molecule has 2 aliphatic rings. The fourth-order valence-electron chi connectivity index (χ4n) is 4.04. The van der Waals surface area contributed by atoms with Crippen molar-refractivity contribution in [2.24, 2.45) is 11.8 Å². The summed E-state index contributed by atoms with van der Waals surface area (Å²) in [5.74, 6) is 2.59. The highest BCUT2D eigenvalue weighted by atomic mass is 14.9. The second-order valence-electron chi connectivity index (χ2n) is 7.31. The molecule has 0 saturated heterocycles. The molecule has 1 N–H and O–H groups in total. The molecule has 1 heteroatoms. The molecule has 0 radical (unpaired) electrons. The molecule has 2 aliphatic carbocycles. The minimum atomic E-state index is 0.584. The molecule has 21 heavy (non-hydrogen) atoms. The van der Waals surface area contributed by atoms with Gasteiger partial charge >= 0.3 is 0 Å². The van der Waals surface area contributed by atoms with Gasteiger partial charge in [-0.3, -0.25) is 0 Å². The summed E-state index contributed by atoms with van der Waals surface area (Å²) in [6.45, 7) is 5.78. The van der Waals surface area contributed by atoms with Crippen LogP contribution in [0, 0.1) is 11.8 Å². The van der Waals surface area contributed by atoms with Crippen molar-refractivity contribution in [3.05, 3.63) is 35.4 Å². The summed E-state index contributed by atoms with van der Waals surface area (Å²) in [7, 11) is 0. The molecule has 1 aromatic carbocycles. The van der Waals surface area contributed by atoms with Crippen molar-refractivity contribution in [1.82, 2.24) is 5.32 Å². The van der Waals surface area contributed by atoms with Gasteiger partial charge in [-0.1, -0.05) is 57.4 Å². The Bertz CT molecular complexity index is 430. The van der Waals surface area contributed by atoms with Gasteiger partial charge < -0.3 is 5.32 Å². The zero-order chi connectivity index (χ0) is 14.7. The van der Waals surface area contributed by atoms with Crippen molar-refractivity contribution >= 4 is 0 Å². The lowest BCUT2D eigenvalue weighted by atomic mass is 9.83. The lowest BCUT2D eigenvalue weighted by Gasteiger charge is -2.23. The Morgan fingerprint density at radius 2 is 1.76 bits per heavy atom. The molecule has 0 amide bonds. The van der Waals surface area contributed by atoms with E-state index in [4.69, 9.17) is 0 Å². The Morgan fingerprint density at radius 1 is 1.10 bits per heavy atom. The normalized spacial score (nSPS) is 27.5. The Balaban J connectivity index is 1.68. The third-order valence-electron chi connectivity index (χ3n) is 5.59. The largest absolute Gasteiger partial charge is 0.310 e. The number of benzene rings is 1. The zero-order valence-corrected chi connectivity index (χ0v) is 13.8.